The van der Waals surface area contributed by atoms with Gasteiger partial charge in [-0.3, -0.25) is 9.59 Å². The molecule has 0 spiro atoms. The van der Waals surface area contributed by atoms with Gasteiger partial charge in [-0.15, -0.1) is 0 Å². The zero-order chi connectivity index (χ0) is 13.4. The molecule has 0 aromatic heterocycles. The van der Waals surface area contributed by atoms with Gasteiger partial charge in [0.15, 0.2) is 0 Å². The van der Waals surface area contributed by atoms with Crippen LogP contribution >= 0.6 is 25.3 Å². The molecule has 2 saturated carbocycles. The molecule has 0 aromatic carbocycles. The van der Waals surface area contributed by atoms with Gasteiger partial charge < -0.3 is 0 Å². The summed E-state index contributed by atoms with van der Waals surface area (Å²) < 4.78 is 0. The van der Waals surface area contributed by atoms with Crippen LogP contribution in [-0.4, -0.2) is 22.1 Å². The zero-order valence-corrected chi connectivity index (χ0v) is 12.7. The third kappa shape index (κ3) is 2.43. The number of rotatable bonds is 0. The van der Waals surface area contributed by atoms with E-state index < -0.39 is 0 Å². The lowest BCUT2D eigenvalue weighted by Gasteiger charge is -2.46. The summed E-state index contributed by atoms with van der Waals surface area (Å²) in [5.74, 6) is -0.105. The first-order chi connectivity index (χ1) is 7.85. The fraction of sp³-hybridized carbons (Fsp3) is 0.846. The van der Waals surface area contributed by atoms with E-state index in [1.54, 1.807) is 0 Å². The lowest BCUT2D eigenvalue weighted by molar-refractivity contribution is -0.122. The molecule has 0 N–H and O–H groups in total. The Morgan fingerprint density at radius 2 is 1.65 bits per heavy atom. The minimum atomic E-state index is -0.167. The van der Waals surface area contributed by atoms with Crippen molar-refractivity contribution in [2.75, 3.05) is 0 Å². The first-order valence-electron chi connectivity index (χ1n) is 6.27. The number of Topliss-reactive ketones (excluding diaryl/α,β-unsaturated/α-hetero) is 2. The highest BCUT2D eigenvalue weighted by Crippen LogP contribution is 2.50. The second kappa shape index (κ2) is 5.35. The van der Waals surface area contributed by atoms with Crippen molar-refractivity contribution in [3.8, 4) is 0 Å². The fourth-order valence-electron chi connectivity index (χ4n) is 2.72. The molecule has 4 atom stereocenters. The van der Waals surface area contributed by atoms with E-state index in [1.165, 1.54) is 0 Å². The molecule has 2 nitrogen and oxygen atoms in total. The van der Waals surface area contributed by atoms with E-state index in [0.717, 1.165) is 6.42 Å². The fourth-order valence-corrected chi connectivity index (χ4v) is 3.78. The molecule has 0 amide bonds. The molecular formula is C13H22O2S2. The standard InChI is InChI=1S/C11H16O2S2.C2H6/c1-11(2)8(14)3-5-6(12)4-7(13)9(5)10(11)15;1-2/h5,8-10,14-15H,3-4H2,1-2H3;1-2H3. The normalized spacial score (nSPS) is 39.4. The summed E-state index contributed by atoms with van der Waals surface area (Å²) in [6.45, 7) is 8.16. The van der Waals surface area contributed by atoms with Gasteiger partial charge in [0.25, 0.3) is 0 Å². The highest BCUT2D eigenvalue weighted by atomic mass is 32.1. The van der Waals surface area contributed by atoms with Crippen LogP contribution in [0.25, 0.3) is 0 Å². The molecule has 2 aliphatic rings. The van der Waals surface area contributed by atoms with Crippen molar-refractivity contribution in [1.29, 1.82) is 0 Å². The molecule has 4 heteroatoms. The predicted octanol–water partition coefficient (Wildman–Crippen LogP) is 2.81. The van der Waals surface area contributed by atoms with E-state index in [9.17, 15) is 9.59 Å². The molecule has 0 heterocycles. The van der Waals surface area contributed by atoms with Crippen molar-refractivity contribution < 1.29 is 9.59 Å². The van der Waals surface area contributed by atoms with Crippen LogP contribution in [0.2, 0.25) is 0 Å². The Kier molecular flexibility index (Phi) is 4.75. The molecule has 0 saturated heterocycles. The summed E-state index contributed by atoms with van der Waals surface area (Å²) in [6.07, 6.45) is 0.839. The Bertz CT molecular complexity index is 325. The summed E-state index contributed by atoms with van der Waals surface area (Å²) in [4.78, 5) is 23.4. The Morgan fingerprint density at radius 1 is 1.12 bits per heavy atom. The molecule has 17 heavy (non-hydrogen) atoms. The number of thiol groups is 2. The van der Waals surface area contributed by atoms with Gasteiger partial charge in [-0.2, -0.15) is 25.3 Å². The average Bonchev–Trinajstić information content (AvgIpc) is 2.54. The summed E-state index contributed by atoms with van der Waals surface area (Å²) in [7, 11) is 0. The van der Waals surface area contributed by atoms with Crippen LogP contribution in [-0.2, 0) is 9.59 Å². The van der Waals surface area contributed by atoms with Crippen LogP contribution in [0.15, 0.2) is 0 Å². The van der Waals surface area contributed by atoms with E-state index in [1.807, 2.05) is 13.8 Å². The summed E-state index contributed by atoms with van der Waals surface area (Å²) in [5, 5.41) is 0.105. The maximum atomic E-state index is 11.7. The summed E-state index contributed by atoms with van der Waals surface area (Å²) in [5.41, 5.74) is -0.0896. The highest BCUT2D eigenvalue weighted by Gasteiger charge is 2.54. The number of carbonyl (C=O) groups is 2. The zero-order valence-electron chi connectivity index (χ0n) is 10.9. The summed E-state index contributed by atoms with van der Waals surface area (Å²) in [6, 6.07) is 0. The van der Waals surface area contributed by atoms with Gasteiger partial charge >= 0.3 is 0 Å². The second-order valence-electron chi connectivity index (χ2n) is 5.26. The SMILES string of the molecule is CC.CC1(C)C(S)CC2C(=O)CC(=O)C2C1S. The van der Waals surface area contributed by atoms with Gasteiger partial charge in [0, 0.05) is 22.3 Å². The van der Waals surface area contributed by atoms with Crippen molar-refractivity contribution in [3.63, 3.8) is 0 Å². The molecule has 0 bridgehead atoms. The van der Waals surface area contributed by atoms with E-state index in [2.05, 4.69) is 39.1 Å². The number of fused-ring (bicyclic) bond motifs is 1. The molecule has 2 rings (SSSR count). The number of hydrogen-bond acceptors (Lipinski definition) is 4. The van der Waals surface area contributed by atoms with Crippen LogP contribution < -0.4 is 0 Å². The largest absolute Gasteiger partial charge is 0.299 e. The van der Waals surface area contributed by atoms with Crippen LogP contribution in [0.5, 0.6) is 0 Å². The van der Waals surface area contributed by atoms with Crippen LogP contribution in [0.3, 0.4) is 0 Å². The molecule has 0 aliphatic heterocycles. The summed E-state index contributed by atoms with van der Waals surface area (Å²) >= 11 is 9.09. The van der Waals surface area contributed by atoms with Crippen molar-refractivity contribution in [3.05, 3.63) is 0 Å². The first kappa shape index (κ1) is 15.1. The van der Waals surface area contributed by atoms with Crippen LogP contribution in [0, 0.1) is 17.3 Å². The van der Waals surface area contributed by atoms with E-state index in [-0.39, 0.29) is 45.7 Å². The second-order valence-corrected chi connectivity index (χ2v) is 6.44. The Balaban J connectivity index is 0.000000686. The number of carbonyl (C=O) groups excluding carboxylic acids is 2. The Labute approximate surface area is 115 Å². The van der Waals surface area contributed by atoms with Crippen LogP contribution in [0.1, 0.15) is 40.5 Å². The predicted molar refractivity (Wildman–Crippen MR) is 76.9 cm³/mol. The van der Waals surface area contributed by atoms with Gasteiger partial charge in [-0.05, 0) is 11.8 Å². The molecule has 2 fully saturated rings. The first-order valence-corrected chi connectivity index (χ1v) is 7.30. The van der Waals surface area contributed by atoms with Gasteiger partial charge in [0.05, 0.1) is 6.42 Å². The Hall–Kier alpha value is 0.0400. The van der Waals surface area contributed by atoms with E-state index in [0.29, 0.717) is 0 Å². The Morgan fingerprint density at radius 3 is 2.18 bits per heavy atom. The number of hydrogen-bond donors (Lipinski definition) is 2. The van der Waals surface area contributed by atoms with E-state index >= 15 is 0 Å². The molecule has 4 unspecified atom stereocenters. The van der Waals surface area contributed by atoms with Crippen molar-refractivity contribution >= 4 is 36.8 Å². The molecule has 0 aromatic rings. The minimum absolute atomic E-state index is 0.0438. The molecule has 2 aliphatic carbocycles. The van der Waals surface area contributed by atoms with Crippen LogP contribution in [0.4, 0.5) is 0 Å². The van der Waals surface area contributed by atoms with Gasteiger partial charge in [0.2, 0.25) is 0 Å². The quantitative estimate of drug-likeness (QED) is 0.526. The van der Waals surface area contributed by atoms with Gasteiger partial charge in [0.1, 0.15) is 11.6 Å². The smallest absolute Gasteiger partial charge is 0.145 e. The maximum absolute atomic E-state index is 11.7. The van der Waals surface area contributed by atoms with E-state index in [4.69, 9.17) is 0 Å². The minimum Gasteiger partial charge on any atom is -0.299 e. The third-order valence-electron chi connectivity index (χ3n) is 4.01. The molecular weight excluding hydrogens is 252 g/mol. The van der Waals surface area contributed by atoms with Crippen molar-refractivity contribution in [2.24, 2.45) is 17.3 Å². The monoisotopic (exact) mass is 274 g/mol. The molecule has 98 valence electrons. The maximum Gasteiger partial charge on any atom is 0.145 e. The number of ketones is 2. The van der Waals surface area contributed by atoms with Gasteiger partial charge in [-0.1, -0.05) is 27.7 Å². The van der Waals surface area contributed by atoms with Crippen molar-refractivity contribution in [1.82, 2.24) is 0 Å². The lowest BCUT2D eigenvalue weighted by atomic mass is 9.67. The third-order valence-corrected chi connectivity index (χ3v) is 5.87. The average molecular weight is 274 g/mol. The van der Waals surface area contributed by atoms with Crippen molar-refractivity contribution in [2.45, 2.75) is 51.0 Å². The lowest BCUT2D eigenvalue weighted by Crippen LogP contribution is -2.49. The highest BCUT2D eigenvalue weighted by molar-refractivity contribution is 7.82. The topological polar surface area (TPSA) is 34.1 Å². The molecule has 0 radical (unpaired) electrons. The van der Waals surface area contributed by atoms with Gasteiger partial charge in [-0.25, -0.2) is 0 Å².